The van der Waals surface area contributed by atoms with Crippen LogP contribution in [0.15, 0.2) is 27.7 Å². The minimum absolute atomic E-state index is 0.728. The first-order valence-electron chi connectivity index (χ1n) is 3.74. The second-order valence-corrected chi connectivity index (χ2v) is 2.39. The maximum absolute atomic E-state index is 5.16. The molecule has 0 aliphatic carbocycles. The summed E-state index contributed by atoms with van der Waals surface area (Å²) in [5.74, 6) is 0.728. The fourth-order valence-electron chi connectivity index (χ4n) is 0.937. The van der Waals surface area contributed by atoms with Crippen molar-refractivity contribution < 1.29 is 8.94 Å². The van der Waals surface area contributed by atoms with Crippen LogP contribution in [0.1, 0.15) is 12.8 Å². The highest BCUT2D eigenvalue weighted by Crippen LogP contribution is 2.17. The molecule has 0 bridgehead atoms. The number of rotatable bonds is 2. The lowest BCUT2D eigenvalue weighted by Gasteiger charge is -1.82. The number of aryl methyl sites for hydroxylation is 1. The predicted octanol–water partition coefficient (Wildman–Crippen LogP) is 1.89. The van der Waals surface area contributed by atoms with Crippen molar-refractivity contribution in [2.45, 2.75) is 13.3 Å². The molecule has 2 heterocycles. The molecule has 4 nitrogen and oxygen atoms in total. The minimum atomic E-state index is 0.728. The highest BCUT2D eigenvalue weighted by Gasteiger charge is 2.05. The van der Waals surface area contributed by atoms with Gasteiger partial charge in [0.2, 0.25) is 0 Å². The molecule has 0 N–H and O–H groups in total. The van der Waals surface area contributed by atoms with Gasteiger partial charge in [-0.2, -0.15) is 0 Å². The summed E-state index contributed by atoms with van der Waals surface area (Å²) in [6.07, 6.45) is 5.55. The summed E-state index contributed by atoms with van der Waals surface area (Å²) in [6.45, 7) is 1.99. The molecule has 2 aromatic rings. The summed E-state index contributed by atoms with van der Waals surface area (Å²) in [4.78, 5) is 4.20. The molecule has 0 atom stereocenters. The van der Waals surface area contributed by atoms with Gasteiger partial charge < -0.3 is 8.94 Å². The lowest BCUT2D eigenvalue weighted by atomic mass is 10.3. The average molecular weight is 164 g/mol. The Kier molecular flexibility index (Phi) is 1.66. The predicted molar refractivity (Wildman–Crippen MR) is 41.4 cm³/mol. The highest BCUT2D eigenvalue weighted by molar-refractivity contribution is 5.54. The Labute approximate surface area is 69.2 Å². The molecule has 0 fully saturated rings. The number of hydrogen-bond donors (Lipinski definition) is 0. The van der Waals surface area contributed by atoms with Gasteiger partial charge in [0, 0.05) is 6.42 Å². The van der Waals surface area contributed by atoms with Crippen LogP contribution in [0.25, 0.3) is 11.3 Å². The molecule has 12 heavy (non-hydrogen) atoms. The Morgan fingerprint density at radius 1 is 1.42 bits per heavy atom. The lowest BCUT2D eigenvalue weighted by Crippen LogP contribution is -1.78. The van der Waals surface area contributed by atoms with Crippen molar-refractivity contribution in [1.82, 2.24) is 10.1 Å². The van der Waals surface area contributed by atoms with Crippen molar-refractivity contribution in [1.29, 1.82) is 0 Å². The molecule has 0 unspecified atom stereocenters. The minimum Gasteiger partial charge on any atom is -0.448 e. The van der Waals surface area contributed by atoms with Gasteiger partial charge >= 0.3 is 0 Å². The van der Waals surface area contributed by atoms with Crippen LogP contribution in [-0.4, -0.2) is 10.1 Å². The van der Waals surface area contributed by atoms with Gasteiger partial charge in [0.05, 0.1) is 11.8 Å². The van der Waals surface area contributed by atoms with Crippen LogP contribution in [0, 0.1) is 0 Å². The van der Waals surface area contributed by atoms with Crippen LogP contribution in [-0.2, 0) is 6.42 Å². The SMILES string of the molecule is CCc1nc(-c2cnoc2)co1. The Balaban J connectivity index is 2.35. The van der Waals surface area contributed by atoms with Gasteiger partial charge in [-0.25, -0.2) is 4.98 Å². The number of oxazole rings is 1. The van der Waals surface area contributed by atoms with Gasteiger partial charge in [0.1, 0.15) is 18.2 Å². The molecule has 0 amide bonds. The molecule has 0 spiro atoms. The quantitative estimate of drug-likeness (QED) is 0.680. The van der Waals surface area contributed by atoms with Crippen molar-refractivity contribution in [3.8, 4) is 11.3 Å². The van der Waals surface area contributed by atoms with E-state index in [0.717, 1.165) is 23.6 Å². The number of hydrogen-bond acceptors (Lipinski definition) is 4. The van der Waals surface area contributed by atoms with Crippen LogP contribution in [0.2, 0.25) is 0 Å². The van der Waals surface area contributed by atoms with E-state index in [1.54, 1.807) is 12.5 Å². The summed E-state index contributed by atoms with van der Waals surface area (Å²) in [6, 6.07) is 0. The molecule has 0 saturated carbocycles. The van der Waals surface area contributed by atoms with Gasteiger partial charge in [-0.1, -0.05) is 12.1 Å². The second-order valence-electron chi connectivity index (χ2n) is 2.39. The first kappa shape index (κ1) is 7.09. The van der Waals surface area contributed by atoms with E-state index >= 15 is 0 Å². The largest absolute Gasteiger partial charge is 0.448 e. The molecule has 2 aromatic heterocycles. The van der Waals surface area contributed by atoms with Crippen LogP contribution in [0.4, 0.5) is 0 Å². The van der Waals surface area contributed by atoms with Crippen molar-refractivity contribution >= 4 is 0 Å². The van der Waals surface area contributed by atoms with Gasteiger partial charge in [0.15, 0.2) is 5.89 Å². The zero-order valence-corrected chi connectivity index (χ0v) is 6.65. The third-order valence-corrected chi connectivity index (χ3v) is 1.58. The Morgan fingerprint density at radius 2 is 2.33 bits per heavy atom. The van der Waals surface area contributed by atoms with Crippen molar-refractivity contribution in [3.05, 3.63) is 24.6 Å². The summed E-state index contributed by atoms with van der Waals surface area (Å²) in [5, 5.41) is 3.58. The van der Waals surface area contributed by atoms with Gasteiger partial charge in [-0.15, -0.1) is 0 Å². The van der Waals surface area contributed by atoms with Crippen LogP contribution in [0.5, 0.6) is 0 Å². The molecule has 0 aliphatic heterocycles. The van der Waals surface area contributed by atoms with Crippen molar-refractivity contribution in [2.75, 3.05) is 0 Å². The molecule has 2 rings (SSSR count). The van der Waals surface area contributed by atoms with E-state index < -0.39 is 0 Å². The van der Waals surface area contributed by atoms with E-state index in [-0.39, 0.29) is 0 Å². The summed E-state index contributed by atoms with van der Waals surface area (Å²) >= 11 is 0. The lowest BCUT2D eigenvalue weighted by molar-refractivity contribution is 0.420. The third-order valence-electron chi connectivity index (χ3n) is 1.58. The van der Waals surface area contributed by atoms with Crippen LogP contribution >= 0.6 is 0 Å². The molecule has 62 valence electrons. The fraction of sp³-hybridized carbons (Fsp3) is 0.250. The molecule has 0 radical (unpaired) electrons. The normalized spacial score (nSPS) is 10.4. The molecule has 0 saturated heterocycles. The summed E-state index contributed by atoms with van der Waals surface area (Å²) in [5.41, 5.74) is 1.62. The van der Waals surface area contributed by atoms with Gasteiger partial charge in [-0.05, 0) is 0 Å². The average Bonchev–Trinajstić information content (AvgIpc) is 2.75. The molecular formula is C8H8N2O2. The smallest absolute Gasteiger partial charge is 0.194 e. The van der Waals surface area contributed by atoms with Gasteiger partial charge in [-0.3, -0.25) is 0 Å². The van der Waals surface area contributed by atoms with Crippen molar-refractivity contribution in [3.63, 3.8) is 0 Å². The summed E-state index contributed by atoms with van der Waals surface area (Å²) < 4.78 is 9.84. The summed E-state index contributed by atoms with van der Waals surface area (Å²) in [7, 11) is 0. The number of nitrogens with zero attached hydrogens (tertiary/aromatic N) is 2. The van der Waals surface area contributed by atoms with E-state index in [4.69, 9.17) is 4.42 Å². The monoisotopic (exact) mass is 164 g/mol. The Hall–Kier alpha value is -1.58. The topological polar surface area (TPSA) is 52.1 Å². The molecule has 4 heteroatoms. The number of aromatic nitrogens is 2. The van der Waals surface area contributed by atoms with E-state index in [0.29, 0.717) is 0 Å². The Morgan fingerprint density at radius 3 is 2.92 bits per heavy atom. The highest BCUT2D eigenvalue weighted by atomic mass is 16.5. The van der Waals surface area contributed by atoms with Crippen molar-refractivity contribution in [2.24, 2.45) is 0 Å². The van der Waals surface area contributed by atoms with E-state index in [1.165, 1.54) is 6.26 Å². The Bertz CT molecular complexity index is 351. The van der Waals surface area contributed by atoms with Gasteiger partial charge in [0.25, 0.3) is 0 Å². The first-order chi connectivity index (χ1) is 5.90. The molecule has 0 aromatic carbocycles. The fourth-order valence-corrected chi connectivity index (χ4v) is 0.937. The maximum atomic E-state index is 5.16. The molecular weight excluding hydrogens is 156 g/mol. The van der Waals surface area contributed by atoms with Crippen LogP contribution < -0.4 is 0 Å². The van der Waals surface area contributed by atoms with E-state index in [2.05, 4.69) is 14.7 Å². The zero-order chi connectivity index (χ0) is 8.39. The molecule has 0 aliphatic rings. The van der Waals surface area contributed by atoms with E-state index in [9.17, 15) is 0 Å². The van der Waals surface area contributed by atoms with E-state index in [1.807, 2.05) is 6.92 Å². The maximum Gasteiger partial charge on any atom is 0.194 e. The standard InChI is InChI=1S/C8H8N2O2/c1-2-8-10-7(5-11-8)6-3-9-12-4-6/h3-5H,2H2,1H3. The first-order valence-corrected chi connectivity index (χ1v) is 3.74. The second kappa shape index (κ2) is 2.81. The third kappa shape index (κ3) is 1.11. The van der Waals surface area contributed by atoms with Crippen LogP contribution in [0.3, 0.4) is 0 Å². The zero-order valence-electron chi connectivity index (χ0n) is 6.65.